The molecule has 0 radical (unpaired) electrons. The van der Waals surface area contributed by atoms with E-state index in [9.17, 15) is 0 Å². The Morgan fingerprint density at radius 2 is 2.24 bits per heavy atom. The molecule has 2 N–H and O–H groups in total. The number of rotatable bonds is 5. The summed E-state index contributed by atoms with van der Waals surface area (Å²) in [6, 6.07) is 3.19. The molecule has 0 amide bonds. The van der Waals surface area contributed by atoms with Crippen LogP contribution in [0, 0.1) is 0 Å². The molecular formula is C13H24N4. The molecule has 1 saturated carbocycles. The fourth-order valence-electron chi connectivity index (χ4n) is 2.43. The van der Waals surface area contributed by atoms with Crippen molar-refractivity contribution in [3.63, 3.8) is 0 Å². The van der Waals surface area contributed by atoms with Crippen molar-refractivity contribution in [3.8, 4) is 0 Å². The monoisotopic (exact) mass is 236 g/mol. The first kappa shape index (κ1) is 12.6. The highest BCUT2D eigenvalue weighted by molar-refractivity contribution is 5.00. The maximum Gasteiger partial charge on any atom is 0.0764 e. The van der Waals surface area contributed by atoms with Gasteiger partial charge in [0, 0.05) is 25.3 Å². The smallest absolute Gasteiger partial charge is 0.0764 e. The Morgan fingerprint density at radius 1 is 1.53 bits per heavy atom. The highest BCUT2D eigenvalue weighted by atomic mass is 15.3. The molecule has 2 rings (SSSR count). The maximum absolute atomic E-state index is 5.66. The average molecular weight is 236 g/mol. The molecule has 4 nitrogen and oxygen atoms in total. The van der Waals surface area contributed by atoms with E-state index in [0.717, 1.165) is 12.2 Å². The minimum atomic E-state index is 0.409. The van der Waals surface area contributed by atoms with E-state index in [1.807, 2.05) is 0 Å². The van der Waals surface area contributed by atoms with Crippen LogP contribution in [0.3, 0.4) is 0 Å². The molecule has 1 aromatic heterocycles. The van der Waals surface area contributed by atoms with Crippen LogP contribution in [0.25, 0.3) is 0 Å². The molecule has 0 saturated heterocycles. The molecular weight excluding hydrogens is 212 g/mol. The molecule has 1 unspecified atom stereocenters. The number of nitrogens with two attached hydrogens (primary N) is 1. The predicted molar refractivity (Wildman–Crippen MR) is 69.7 cm³/mol. The summed E-state index contributed by atoms with van der Waals surface area (Å²) in [6.45, 7) is 3.73. The minimum absolute atomic E-state index is 0.409. The fourth-order valence-corrected chi connectivity index (χ4v) is 2.43. The van der Waals surface area contributed by atoms with Gasteiger partial charge in [-0.05, 0) is 32.9 Å². The topological polar surface area (TPSA) is 47.1 Å². The van der Waals surface area contributed by atoms with E-state index in [2.05, 4.69) is 40.9 Å². The van der Waals surface area contributed by atoms with Gasteiger partial charge in [-0.3, -0.25) is 9.58 Å². The molecule has 1 aromatic rings. The highest BCUT2D eigenvalue weighted by Crippen LogP contribution is 2.28. The van der Waals surface area contributed by atoms with Gasteiger partial charge in [0.15, 0.2) is 0 Å². The summed E-state index contributed by atoms with van der Waals surface area (Å²) >= 11 is 0. The van der Waals surface area contributed by atoms with E-state index < -0.39 is 0 Å². The van der Waals surface area contributed by atoms with Crippen LogP contribution in [0.1, 0.15) is 44.3 Å². The number of nitrogens with zero attached hydrogens (tertiary/aromatic N) is 3. The predicted octanol–water partition coefficient (Wildman–Crippen LogP) is 1.78. The molecule has 1 aliphatic rings. The van der Waals surface area contributed by atoms with Crippen molar-refractivity contribution >= 4 is 0 Å². The van der Waals surface area contributed by atoms with Crippen LogP contribution in [-0.2, 0) is 6.54 Å². The Labute approximate surface area is 104 Å². The van der Waals surface area contributed by atoms with Gasteiger partial charge < -0.3 is 5.73 Å². The fraction of sp³-hybridized carbons (Fsp3) is 0.769. The Morgan fingerprint density at radius 3 is 2.88 bits per heavy atom. The molecule has 17 heavy (non-hydrogen) atoms. The van der Waals surface area contributed by atoms with Gasteiger partial charge in [-0.2, -0.15) is 5.10 Å². The SMILES string of the molecule is CC(CN)N(C)Cc1ccn(C2CCCC2)n1. The molecule has 1 atom stereocenters. The number of hydrogen-bond acceptors (Lipinski definition) is 3. The van der Waals surface area contributed by atoms with Gasteiger partial charge >= 0.3 is 0 Å². The van der Waals surface area contributed by atoms with Gasteiger partial charge in [0.25, 0.3) is 0 Å². The first-order chi connectivity index (χ1) is 8.20. The van der Waals surface area contributed by atoms with E-state index >= 15 is 0 Å². The lowest BCUT2D eigenvalue weighted by Crippen LogP contribution is -2.34. The minimum Gasteiger partial charge on any atom is -0.329 e. The van der Waals surface area contributed by atoms with Crippen molar-refractivity contribution in [2.45, 2.75) is 51.2 Å². The van der Waals surface area contributed by atoms with E-state index in [0.29, 0.717) is 18.6 Å². The van der Waals surface area contributed by atoms with Crippen LogP contribution < -0.4 is 5.73 Å². The average Bonchev–Trinajstić information content (AvgIpc) is 2.97. The Balaban J connectivity index is 1.93. The summed E-state index contributed by atoms with van der Waals surface area (Å²) in [7, 11) is 2.10. The van der Waals surface area contributed by atoms with Crippen LogP contribution in [0.2, 0.25) is 0 Å². The van der Waals surface area contributed by atoms with Crippen molar-refractivity contribution in [3.05, 3.63) is 18.0 Å². The third-order valence-corrected chi connectivity index (χ3v) is 3.87. The van der Waals surface area contributed by atoms with Gasteiger partial charge in [0.05, 0.1) is 11.7 Å². The zero-order valence-electron chi connectivity index (χ0n) is 11.0. The van der Waals surface area contributed by atoms with E-state index in [4.69, 9.17) is 5.73 Å². The molecule has 0 aliphatic heterocycles. The van der Waals surface area contributed by atoms with Crippen LogP contribution >= 0.6 is 0 Å². The summed E-state index contributed by atoms with van der Waals surface area (Å²) in [5.74, 6) is 0. The van der Waals surface area contributed by atoms with Crippen molar-refractivity contribution in [2.24, 2.45) is 5.73 Å². The second-order valence-corrected chi connectivity index (χ2v) is 5.23. The third kappa shape index (κ3) is 3.07. The molecule has 1 aliphatic carbocycles. The third-order valence-electron chi connectivity index (χ3n) is 3.87. The Bertz CT molecular complexity index is 341. The standard InChI is InChI=1S/C13H24N4/c1-11(9-14)16(2)10-12-7-8-17(15-12)13-5-3-4-6-13/h7-8,11,13H,3-6,9-10,14H2,1-2H3. The van der Waals surface area contributed by atoms with E-state index in [1.54, 1.807) is 0 Å². The first-order valence-corrected chi connectivity index (χ1v) is 6.65. The largest absolute Gasteiger partial charge is 0.329 e. The van der Waals surface area contributed by atoms with E-state index in [1.165, 1.54) is 25.7 Å². The van der Waals surface area contributed by atoms with Gasteiger partial charge in [-0.1, -0.05) is 12.8 Å². The van der Waals surface area contributed by atoms with Crippen LogP contribution in [-0.4, -0.2) is 34.3 Å². The first-order valence-electron chi connectivity index (χ1n) is 6.65. The van der Waals surface area contributed by atoms with Crippen molar-refractivity contribution in [1.82, 2.24) is 14.7 Å². The van der Waals surface area contributed by atoms with Crippen molar-refractivity contribution in [1.29, 1.82) is 0 Å². The zero-order valence-corrected chi connectivity index (χ0v) is 11.0. The summed E-state index contributed by atoms with van der Waals surface area (Å²) < 4.78 is 2.16. The molecule has 0 bridgehead atoms. The summed E-state index contributed by atoms with van der Waals surface area (Å²) in [5, 5.41) is 4.68. The van der Waals surface area contributed by atoms with Gasteiger partial charge in [0.2, 0.25) is 0 Å². The van der Waals surface area contributed by atoms with Crippen molar-refractivity contribution in [2.75, 3.05) is 13.6 Å². The molecule has 96 valence electrons. The summed E-state index contributed by atoms with van der Waals surface area (Å²) in [5.41, 5.74) is 6.82. The van der Waals surface area contributed by atoms with Crippen LogP contribution in [0.5, 0.6) is 0 Å². The van der Waals surface area contributed by atoms with Crippen LogP contribution in [0.4, 0.5) is 0 Å². The molecule has 4 heteroatoms. The Hall–Kier alpha value is -0.870. The normalized spacial score (nSPS) is 19.1. The molecule has 1 fully saturated rings. The molecule has 0 aromatic carbocycles. The number of aromatic nitrogens is 2. The quantitative estimate of drug-likeness (QED) is 0.847. The lowest BCUT2D eigenvalue weighted by molar-refractivity contribution is 0.250. The number of likely N-dealkylation sites (N-methyl/N-ethyl adjacent to an activating group) is 1. The maximum atomic E-state index is 5.66. The van der Waals surface area contributed by atoms with Crippen LogP contribution in [0.15, 0.2) is 12.3 Å². The van der Waals surface area contributed by atoms with Gasteiger partial charge in [0.1, 0.15) is 0 Å². The van der Waals surface area contributed by atoms with E-state index in [-0.39, 0.29) is 0 Å². The lowest BCUT2D eigenvalue weighted by Gasteiger charge is -2.22. The van der Waals surface area contributed by atoms with Gasteiger partial charge in [-0.25, -0.2) is 0 Å². The zero-order chi connectivity index (χ0) is 12.3. The highest BCUT2D eigenvalue weighted by Gasteiger charge is 2.18. The Kier molecular flexibility index (Phi) is 4.18. The van der Waals surface area contributed by atoms with Gasteiger partial charge in [-0.15, -0.1) is 0 Å². The summed E-state index contributed by atoms with van der Waals surface area (Å²) in [6.07, 6.45) is 7.41. The molecule has 1 heterocycles. The van der Waals surface area contributed by atoms with Crippen molar-refractivity contribution < 1.29 is 0 Å². The summed E-state index contributed by atoms with van der Waals surface area (Å²) in [4.78, 5) is 2.25. The lowest BCUT2D eigenvalue weighted by atomic mass is 10.3. The second-order valence-electron chi connectivity index (χ2n) is 5.23. The number of hydrogen-bond donors (Lipinski definition) is 1. The second kappa shape index (κ2) is 5.65. The molecule has 0 spiro atoms.